The summed E-state index contributed by atoms with van der Waals surface area (Å²) in [5.41, 5.74) is 2.66. The van der Waals surface area contributed by atoms with Gasteiger partial charge in [0.05, 0.1) is 0 Å². The normalized spacial score (nSPS) is 18.0. The van der Waals surface area contributed by atoms with Gasteiger partial charge in [-0.25, -0.2) is 9.97 Å². The Morgan fingerprint density at radius 1 is 1.26 bits per heavy atom. The van der Waals surface area contributed by atoms with Crippen LogP contribution in [0.1, 0.15) is 12.5 Å². The van der Waals surface area contributed by atoms with Gasteiger partial charge in [-0.15, -0.1) is 0 Å². The SMILES string of the molecule is CNc1cc(N2CC(C)Cc3ccccc32)ncn1. The molecule has 1 atom stereocenters. The van der Waals surface area contributed by atoms with Crippen LogP contribution in [0.15, 0.2) is 36.7 Å². The van der Waals surface area contributed by atoms with Crippen LogP contribution in [0.4, 0.5) is 17.3 Å². The molecule has 0 saturated heterocycles. The van der Waals surface area contributed by atoms with Crippen LogP contribution in [0.2, 0.25) is 0 Å². The summed E-state index contributed by atoms with van der Waals surface area (Å²) in [4.78, 5) is 10.9. The zero-order valence-electron chi connectivity index (χ0n) is 11.3. The van der Waals surface area contributed by atoms with Crippen molar-refractivity contribution in [3.8, 4) is 0 Å². The van der Waals surface area contributed by atoms with E-state index in [0.29, 0.717) is 5.92 Å². The van der Waals surface area contributed by atoms with E-state index < -0.39 is 0 Å². The first-order valence-corrected chi connectivity index (χ1v) is 6.63. The van der Waals surface area contributed by atoms with E-state index in [1.807, 2.05) is 13.1 Å². The highest BCUT2D eigenvalue weighted by Crippen LogP contribution is 2.34. The fourth-order valence-electron chi connectivity index (χ4n) is 2.65. The highest BCUT2D eigenvalue weighted by atomic mass is 15.2. The van der Waals surface area contributed by atoms with Crippen molar-refractivity contribution in [1.29, 1.82) is 0 Å². The topological polar surface area (TPSA) is 41.0 Å². The molecule has 0 saturated carbocycles. The number of benzene rings is 1. The van der Waals surface area contributed by atoms with Crippen molar-refractivity contribution in [3.63, 3.8) is 0 Å². The quantitative estimate of drug-likeness (QED) is 0.894. The minimum atomic E-state index is 0.628. The van der Waals surface area contributed by atoms with E-state index in [1.165, 1.54) is 11.3 Å². The average molecular weight is 254 g/mol. The van der Waals surface area contributed by atoms with Crippen molar-refractivity contribution in [1.82, 2.24) is 9.97 Å². The molecule has 1 unspecified atom stereocenters. The van der Waals surface area contributed by atoms with Crippen molar-refractivity contribution in [2.24, 2.45) is 5.92 Å². The Hall–Kier alpha value is -2.10. The number of rotatable bonds is 2. The lowest BCUT2D eigenvalue weighted by atomic mass is 9.94. The first kappa shape index (κ1) is 12.0. The third-order valence-corrected chi connectivity index (χ3v) is 3.53. The zero-order valence-corrected chi connectivity index (χ0v) is 11.3. The van der Waals surface area contributed by atoms with Crippen molar-refractivity contribution in [2.45, 2.75) is 13.3 Å². The lowest BCUT2D eigenvalue weighted by Crippen LogP contribution is -2.31. The zero-order chi connectivity index (χ0) is 13.2. The molecule has 4 nitrogen and oxygen atoms in total. The lowest BCUT2D eigenvalue weighted by Gasteiger charge is -2.34. The van der Waals surface area contributed by atoms with Crippen LogP contribution in [-0.2, 0) is 6.42 Å². The standard InChI is InChI=1S/C15H18N4/c1-11-7-12-5-3-4-6-13(12)19(9-11)15-8-14(16-2)17-10-18-15/h3-6,8,10-11H,7,9H2,1-2H3,(H,16,17,18). The Labute approximate surface area is 113 Å². The molecule has 1 aromatic heterocycles. The van der Waals surface area contributed by atoms with Crippen LogP contribution in [0, 0.1) is 5.92 Å². The summed E-state index contributed by atoms with van der Waals surface area (Å²) in [7, 11) is 1.87. The predicted octanol–water partition coefficient (Wildman–Crippen LogP) is 2.85. The van der Waals surface area contributed by atoms with E-state index in [4.69, 9.17) is 0 Å². The summed E-state index contributed by atoms with van der Waals surface area (Å²) in [5.74, 6) is 2.43. The molecule has 4 heteroatoms. The lowest BCUT2D eigenvalue weighted by molar-refractivity contribution is 0.560. The van der Waals surface area contributed by atoms with E-state index in [1.54, 1.807) is 6.33 Å². The van der Waals surface area contributed by atoms with Crippen LogP contribution in [0.5, 0.6) is 0 Å². The van der Waals surface area contributed by atoms with Crippen LogP contribution in [0.25, 0.3) is 0 Å². The summed E-state index contributed by atoms with van der Waals surface area (Å²) < 4.78 is 0. The molecule has 98 valence electrons. The minimum absolute atomic E-state index is 0.628. The maximum absolute atomic E-state index is 4.42. The van der Waals surface area contributed by atoms with Crippen molar-refractivity contribution in [2.75, 3.05) is 23.8 Å². The van der Waals surface area contributed by atoms with Crippen LogP contribution < -0.4 is 10.2 Å². The van der Waals surface area contributed by atoms with Gasteiger partial charge in [0, 0.05) is 25.3 Å². The molecule has 0 bridgehead atoms. The second-order valence-corrected chi connectivity index (χ2v) is 5.06. The van der Waals surface area contributed by atoms with Gasteiger partial charge in [-0.3, -0.25) is 0 Å². The van der Waals surface area contributed by atoms with Gasteiger partial charge in [0.25, 0.3) is 0 Å². The van der Waals surface area contributed by atoms with Gasteiger partial charge < -0.3 is 10.2 Å². The van der Waals surface area contributed by atoms with Gasteiger partial charge in [0.1, 0.15) is 18.0 Å². The predicted molar refractivity (Wildman–Crippen MR) is 77.9 cm³/mol. The molecule has 19 heavy (non-hydrogen) atoms. The largest absolute Gasteiger partial charge is 0.373 e. The molecule has 1 aliphatic heterocycles. The Bertz CT molecular complexity index is 582. The van der Waals surface area contributed by atoms with Crippen LogP contribution in [0.3, 0.4) is 0 Å². The molecule has 2 heterocycles. The summed E-state index contributed by atoms with van der Waals surface area (Å²) in [6.45, 7) is 3.28. The molecule has 0 aliphatic carbocycles. The van der Waals surface area contributed by atoms with E-state index in [9.17, 15) is 0 Å². The average Bonchev–Trinajstić information content (AvgIpc) is 2.46. The highest BCUT2D eigenvalue weighted by molar-refractivity contribution is 5.67. The molecule has 0 amide bonds. The second-order valence-electron chi connectivity index (χ2n) is 5.06. The molecular weight excluding hydrogens is 236 g/mol. The second kappa shape index (κ2) is 4.88. The number of hydrogen-bond acceptors (Lipinski definition) is 4. The molecule has 1 aromatic carbocycles. The monoisotopic (exact) mass is 254 g/mol. The molecule has 2 aromatic rings. The fourth-order valence-corrected chi connectivity index (χ4v) is 2.65. The van der Waals surface area contributed by atoms with Gasteiger partial charge in [-0.2, -0.15) is 0 Å². The van der Waals surface area contributed by atoms with Gasteiger partial charge in [0.15, 0.2) is 0 Å². The summed E-state index contributed by atoms with van der Waals surface area (Å²) in [6.07, 6.45) is 2.75. The van der Waals surface area contributed by atoms with Gasteiger partial charge in [-0.1, -0.05) is 25.1 Å². The number of nitrogens with zero attached hydrogens (tertiary/aromatic N) is 3. The van der Waals surface area contributed by atoms with Crippen molar-refractivity contribution < 1.29 is 0 Å². The number of nitrogens with one attached hydrogen (secondary N) is 1. The number of fused-ring (bicyclic) bond motifs is 1. The van der Waals surface area contributed by atoms with Crippen LogP contribution >= 0.6 is 0 Å². The third-order valence-electron chi connectivity index (χ3n) is 3.53. The number of anilines is 3. The molecule has 0 radical (unpaired) electrons. The molecule has 1 N–H and O–H groups in total. The van der Waals surface area contributed by atoms with Crippen LogP contribution in [-0.4, -0.2) is 23.6 Å². The molecular formula is C15H18N4. The Kier molecular flexibility index (Phi) is 3.07. The van der Waals surface area contributed by atoms with Crippen molar-refractivity contribution in [3.05, 3.63) is 42.2 Å². The number of para-hydroxylation sites is 1. The van der Waals surface area contributed by atoms with E-state index in [0.717, 1.165) is 24.6 Å². The Balaban J connectivity index is 2.04. The summed E-state index contributed by atoms with van der Waals surface area (Å²) >= 11 is 0. The molecule has 0 fully saturated rings. The Morgan fingerprint density at radius 3 is 2.95 bits per heavy atom. The smallest absolute Gasteiger partial charge is 0.138 e. The fraction of sp³-hybridized carbons (Fsp3) is 0.333. The van der Waals surface area contributed by atoms with E-state index >= 15 is 0 Å². The number of aromatic nitrogens is 2. The maximum Gasteiger partial charge on any atom is 0.138 e. The molecule has 1 aliphatic rings. The third kappa shape index (κ3) is 2.26. The van der Waals surface area contributed by atoms with Gasteiger partial charge >= 0.3 is 0 Å². The van der Waals surface area contributed by atoms with E-state index in [2.05, 4.69) is 51.4 Å². The maximum atomic E-state index is 4.42. The first-order chi connectivity index (χ1) is 9.28. The first-order valence-electron chi connectivity index (χ1n) is 6.63. The minimum Gasteiger partial charge on any atom is -0.373 e. The highest BCUT2D eigenvalue weighted by Gasteiger charge is 2.23. The summed E-state index contributed by atoms with van der Waals surface area (Å²) in [6, 6.07) is 10.6. The van der Waals surface area contributed by atoms with E-state index in [-0.39, 0.29) is 0 Å². The molecule has 3 rings (SSSR count). The van der Waals surface area contributed by atoms with Crippen molar-refractivity contribution >= 4 is 17.3 Å². The van der Waals surface area contributed by atoms with Gasteiger partial charge in [0.2, 0.25) is 0 Å². The summed E-state index contributed by atoms with van der Waals surface area (Å²) in [5, 5.41) is 3.06. The van der Waals surface area contributed by atoms with Gasteiger partial charge in [-0.05, 0) is 24.0 Å². The Morgan fingerprint density at radius 2 is 2.11 bits per heavy atom. The number of hydrogen-bond donors (Lipinski definition) is 1. The molecule has 0 spiro atoms.